The van der Waals surface area contributed by atoms with Gasteiger partial charge in [0.25, 0.3) is 0 Å². The van der Waals surface area contributed by atoms with Crippen LogP contribution in [0, 0.1) is 5.92 Å². The molecule has 1 fully saturated rings. The van der Waals surface area contributed by atoms with Crippen molar-refractivity contribution in [3.05, 3.63) is 16.6 Å². The number of piperidine rings is 1. The zero-order chi connectivity index (χ0) is 10.7. The summed E-state index contributed by atoms with van der Waals surface area (Å²) in [6.07, 6.45) is 2.62. The van der Waals surface area contributed by atoms with Crippen LogP contribution in [0.1, 0.15) is 24.6 Å². The molecule has 2 heterocycles. The number of aromatic nitrogens is 1. The van der Waals surface area contributed by atoms with Crippen molar-refractivity contribution < 1.29 is 0 Å². The van der Waals surface area contributed by atoms with E-state index in [9.17, 15) is 0 Å². The molecule has 1 aromatic heterocycles. The Hall–Kier alpha value is -0.450. The first-order valence-electron chi connectivity index (χ1n) is 5.56. The molecule has 0 amide bonds. The molecular weight excluding hydrogens is 206 g/mol. The molecule has 0 spiro atoms. The van der Waals surface area contributed by atoms with Crippen LogP contribution < -0.4 is 5.32 Å². The second-order valence-corrected chi connectivity index (χ2v) is 5.02. The third-order valence-corrected chi connectivity index (χ3v) is 3.83. The van der Waals surface area contributed by atoms with Crippen molar-refractivity contribution in [3.63, 3.8) is 0 Å². The van der Waals surface area contributed by atoms with E-state index in [0.29, 0.717) is 12.0 Å². The fourth-order valence-electron chi connectivity index (χ4n) is 2.57. The molecule has 1 N–H and O–H groups in total. The van der Waals surface area contributed by atoms with Crippen LogP contribution in [0.15, 0.2) is 10.9 Å². The monoisotopic (exact) mass is 225 g/mol. The Morgan fingerprint density at radius 2 is 2.53 bits per heavy atom. The summed E-state index contributed by atoms with van der Waals surface area (Å²) in [5, 5.41) is 5.49. The van der Waals surface area contributed by atoms with Crippen molar-refractivity contribution in [1.29, 1.82) is 0 Å². The van der Waals surface area contributed by atoms with Crippen molar-refractivity contribution in [3.8, 4) is 0 Å². The molecule has 1 aliphatic heterocycles. The third-order valence-electron chi connectivity index (χ3n) is 3.23. The van der Waals surface area contributed by atoms with Crippen LogP contribution in [0.3, 0.4) is 0 Å². The number of hydrogen-bond donors (Lipinski definition) is 1. The highest BCUT2D eigenvalue weighted by Gasteiger charge is 2.30. The van der Waals surface area contributed by atoms with Crippen molar-refractivity contribution in [2.45, 2.75) is 18.9 Å². The van der Waals surface area contributed by atoms with Crippen LogP contribution in [-0.4, -0.2) is 37.1 Å². The van der Waals surface area contributed by atoms with Gasteiger partial charge in [-0.2, -0.15) is 0 Å². The largest absolute Gasteiger partial charge is 0.319 e. The molecule has 2 rings (SSSR count). The number of nitrogens with one attached hydrogen (secondary N) is 1. The first-order chi connectivity index (χ1) is 7.33. The summed E-state index contributed by atoms with van der Waals surface area (Å²) < 4.78 is 0. The number of rotatable bonds is 3. The Balaban J connectivity index is 2.15. The van der Waals surface area contributed by atoms with Gasteiger partial charge in [-0.3, -0.25) is 4.90 Å². The molecule has 0 aromatic carbocycles. The summed E-state index contributed by atoms with van der Waals surface area (Å²) >= 11 is 1.70. The predicted octanol–water partition coefficient (Wildman–Crippen LogP) is 1.75. The maximum Gasteiger partial charge on any atom is 0.0795 e. The smallest absolute Gasteiger partial charge is 0.0795 e. The molecule has 1 aliphatic rings. The molecule has 4 heteroatoms. The molecular formula is C11H19N3S. The molecule has 0 aliphatic carbocycles. The fraction of sp³-hybridized carbons (Fsp3) is 0.727. The van der Waals surface area contributed by atoms with E-state index in [0.717, 1.165) is 6.54 Å². The summed E-state index contributed by atoms with van der Waals surface area (Å²) in [4.78, 5) is 6.92. The van der Waals surface area contributed by atoms with Crippen LogP contribution in [0.4, 0.5) is 0 Å². The minimum Gasteiger partial charge on any atom is -0.319 e. The van der Waals surface area contributed by atoms with Crippen LogP contribution >= 0.6 is 11.3 Å². The molecule has 3 nitrogen and oxygen atoms in total. The first-order valence-corrected chi connectivity index (χ1v) is 6.50. The second-order valence-electron chi connectivity index (χ2n) is 4.30. The number of thiazole rings is 1. The summed E-state index contributed by atoms with van der Waals surface area (Å²) in [6, 6.07) is 0.512. The maximum atomic E-state index is 4.47. The fourth-order valence-corrected chi connectivity index (χ4v) is 3.15. The van der Waals surface area contributed by atoms with E-state index in [1.54, 1.807) is 11.3 Å². The van der Waals surface area contributed by atoms with Gasteiger partial charge in [0.15, 0.2) is 0 Å². The Morgan fingerprint density at radius 1 is 1.67 bits per heavy atom. The van der Waals surface area contributed by atoms with E-state index >= 15 is 0 Å². The van der Waals surface area contributed by atoms with E-state index in [-0.39, 0.29) is 0 Å². The highest BCUT2D eigenvalue weighted by atomic mass is 32.1. The average Bonchev–Trinajstić information content (AvgIpc) is 2.71. The van der Waals surface area contributed by atoms with E-state index in [1.165, 1.54) is 25.1 Å². The zero-order valence-electron chi connectivity index (χ0n) is 9.44. The Morgan fingerprint density at radius 3 is 3.20 bits per heavy atom. The molecule has 0 bridgehead atoms. The number of likely N-dealkylation sites (tertiary alicyclic amines) is 1. The van der Waals surface area contributed by atoms with Gasteiger partial charge in [0.2, 0.25) is 0 Å². The summed E-state index contributed by atoms with van der Waals surface area (Å²) in [6.45, 7) is 2.29. The lowest BCUT2D eigenvalue weighted by atomic mass is 9.88. The lowest BCUT2D eigenvalue weighted by molar-refractivity contribution is 0.118. The molecule has 84 valence electrons. The Kier molecular flexibility index (Phi) is 3.72. The van der Waals surface area contributed by atoms with E-state index < -0.39 is 0 Å². The molecule has 15 heavy (non-hydrogen) atoms. The van der Waals surface area contributed by atoms with E-state index in [1.807, 2.05) is 12.6 Å². The lowest BCUT2D eigenvalue weighted by Gasteiger charge is -2.38. The normalized spacial score (nSPS) is 28.1. The highest BCUT2D eigenvalue weighted by molar-refractivity contribution is 7.07. The van der Waals surface area contributed by atoms with Crippen molar-refractivity contribution >= 4 is 11.3 Å². The predicted molar refractivity (Wildman–Crippen MR) is 64.1 cm³/mol. The molecule has 0 radical (unpaired) electrons. The van der Waals surface area contributed by atoms with Crippen molar-refractivity contribution in [1.82, 2.24) is 15.2 Å². The summed E-state index contributed by atoms with van der Waals surface area (Å²) in [5.74, 6) is 0.704. The summed E-state index contributed by atoms with van der Waals surface area (Å²) in [5.41, 5.74) is 3.19. The van der Waals surface area contributed by atoms with Gasteiger partial charge in [-0.25, -0.2) is 4.98 Å². The SMILES string of the molecule is CNCC1CCCN(C)C1c1cscn1. The van der Waals surface area contributed by atoms with Gasteiger partial charge >= 0.3 is 0 Å². The van der Waals surface area contributed by atoms with Crippen LogP contribution in [0.5, 0.6) is 0 Å². The molecule has 2 unspecified atom stereocenters. The van der Waals surface area contributed by atoms with Crippen LogP contribution in [0.2, 0.25) is 0 Å². The molecule has 0 saturated carbocycles. The van der Waals surface area contributed by atoms with Crippen LogP contribution in [-0.2, 0) is 0 Å². The van der Waals surface area contributed by atoms with E-state index in [2.05, 4.69) is 27.6 Å². The zero-order valence-corrected chi connectivity index (χ0v) is 10.3. The topological polar surface area (TPSA) is 28.2 Å². The number of nitrogens with zero attached hydrogens (tertiary/aromatic N) is 2. The summed E-state index contributed by atoms with van der Waals surface area (Å²) in [7, 11) is 4.25. The quantitative estimate of drug-likeness (QED) is 0.849. The maximum absolute atomic E-state index is 4.47. The van der Waals surface area contributed by atoms with Gasteiger partial charge in [0.05, 0.1) is 17.2 Å². The Labute approximate surface area is 95.5 Å². The second kappa shape index (κ2) is 5.05. The van der Waals surface area contributed by atoms with E-state index in [4.69, 9.17) is 0 Å². The Bertz CT molecular complexity index is 284. The lowest BCUT2D eigenvalue weighted by Crippen LogP contribution is -2.40. The standard InChI is InChI=1S/C11H19N3S/c1-12-6-9-4-3-5-14(2)11(9)10-7-15-8-13-10/h7-9,11-12H,3-6H2,1-2H3. The van der Waals surface area contributed by atoms with Gasteiger partial charge in [-0.15, -0.1) is 11.3 Å². The van der Waals surface area contributed by atoms with Gasteiger partial charge < -0.3 is 5.32 Å². The molecule has 2 atom stereocenters. The van der Waals surface area contributed by atoms with Gasteiger partial charge in [-0.1, -0.05) is 0 Å². The highest BCUT2D eigenvalue weighted by Crippen LogP contribution is 2.34. The van der Waals surface area contributed by atoms with Crippen molar-refractivity contribution in [2.24, 2.45) is 5.92 Å². The average molecular weight is 225 g/mol. The minimum atomic E-state index is 0.512. The molecule has 1 aromatic rings. The number of hydrogen-bond acceptors (Lipinski definition) is 4. The minimum absolute atomic E-state index is 0.512. The van der Waals surface area contributed by atoms with Gasteiger partial charge in [-0.05, 0) is 45.9 Å². The van der Waals surface area contributed by atoms with Gasteiger partial charge in [0, 0.05) is 5.38 Å². The molecule has 1 saturated heterocycles. The third kappa shape index (κ3) is 2.38. The van der Waals surface area contributed by atoms with Gasteiger partial charge in [0.1, 0.15) is 0 Å². The van der Waals surface area contributed by atoms with Crippen LogP contribution in [0.25, 0.3) is 0 Å². The van der Waals surface area contributed by atoms with Crippen molar-refractivity contribution in [2.75, 3.05) is 27.2 Å². The first kappa shape index (κ1) is 11.0.